The number of carbonyl (C=O) groups is 1. The molecule has 3 nitrogen and oxygen atoms in total. The second-order valence-corrected chi connectivity index (χ2v) is 12.3. The molecular formula is C16H22O3Si. The minimum absolute atomic E-state index is 0.0197. The van der Waals surface area contributed by atoms with Crippen LogP contribution in [0.25, 0.3) is 0 Å². The molecule has 4 heteroatoms. The van der Waals surface area contributed by atoms with Crippen molar-refractivity contribution in [2.24, 2.45) is 11.8 Å². The fourth-order valence-electron chi connectivity index (χ4n) is 3.40. The van der Waals surface area contributed by atoms with E-state index in [1.165, 1.54) is 12.7 Å². The van der Waals surface area contributed by atoms with E-state index in [4.69, 9.17) is 9.47 Å². The smallest absolute Gasteiger partial charge is 0.309 e. The Balaban J connectivity index is 1.78. The predicted molar refractivity (Wildman–Crippen MR) is 80.2 cm³/mol. The van der Waals surface area contributed by atoms with Crippen LogP contribution in [0.2, 0.25) is 19.6 Å². The summed E-state index contributed by atoms with van der Waals surface area (Å²) in [5.41, 5.74) is 1.63. The summed E-state index contributed by atoms with van der Waals surface area (Å²) in [5, 5.41) is 0. The molecule has 0 radical (unpaired) electrons. The minimum atomic E-state index is -1.29. The Morgan fingerprint density at radius 2 is 1.85 bits per heavy atom. The van der Waals surface area contributed by atoms with E-state index in [-0.39, 0.29) is 23.9 Å². The van der Waals surface area contributed by atoms with Gasteiger partial charge in [0.05, 0.1) is 32.9 Å². The van der Waals surface area contributed by atoms with Crippen molar-refractivity contribution in [3.63, 3.8) is 0 Å². The van der Waals surface area contributed by atoms with Crippen LogP contribution in [0.3, 0.4) is 0 Å². The quantitative estimate of drug-likeness (QED) is 0.486. The van der Waals surface area contributed by atoms with Gasteiger partial charge < -0.3 is 9.47 Å². The van der Waals surface area contributed by atoms with Crippen LogP contribution in [0, 0.1) is 11.8 Å². The van der Waals surface area contributed by atoms with E-state index in [1.54, 1.807) is 0 Å². The van der Waals surface area contributed by atoms with E-state index < -0.39 is 8.07 Å². The van der Waals surface area contributed by atoms with E-state index in [9.17, 15) is 4.79 Å². The third-order valence-electron chi connectivity index (χ3n) is 4.49. The number of methoxy groups -OCH3 is 1. The van der Waals surface area contributed by atoms with Crippen LogP contribution in [0.1, 0.15) is 11.5 Å². The van der Waals surface area contributed by atoms with Crippen LogP contribution >= 0.6 is 0 Å². The predicted octanol–water partition coefficient (Wildman–Crippen LogP) is 2.83. The maximum atomic E-state index is 12.0. The third-order valence-corrected chi connectivity index (χ3v) is 6.66. The highest BCUT2D eigenvalue weighted by molar-refractivity contribution is 6.78. The van der Waals surface area contributed by atoms with Crippen LogP contribution in [-0.2, 0) is 14.3 Å². The standard InChI is InChI=1S/C16H22O3Si/c1-18-15(17)13-11(10-8-6-5-7-9-10)12(13)14-16(19-14)20(2,3)4/h5-9,11-14,16H,1-4H3/t11-,12+,13+,14?,16?/m0/s1. The highest BCUT2D eigenvalue weighted by Crippen LogP contribution is 2.61. The molecule has 1 aliphatic carbocycles. The molecule has 1 aromatic carbocycles. The van der Waals surface area contributed by atoms with Crippen LogP contribution < -0.4 is 0 Å². The largest absolute Gasteiger partial charge is 0.469 e. The van der Waals surface area contributed by atoms with Gasteiger partial charge >= 0.3 is 5.97 Å². The van der Waals surface area contributed by atoms with Crippen molar-refractivity contribution >= 4 is 14.0 Å². The Bertz CT molecular complexity index is 508. The van der Waals surface area contributed by atoms with Gasteiger partial charge in [0.15, 0.2) is 0 Å². The Hall–Kier alpha value is -1.13. The molecule has 2 aliphatic rings. The summed E-state index contributed by atoms with van der Waals surface area (Å²) in [4.78, 5) is 12.0. The lowest BCUT2D eigenvalue weighted by molar-refractivity contribution is -0.142. The van der Waals surface area contributed by atoms with Crippen LogP contribution in [0.15, 0.2) is 30.3 Å². The van der Waals surface area contributed by atoms with Gasteiger partial charge in [-0.25, -0.2) is 0 Å². The summed E-state index contributed by atoms with van der Waals surface area (Å²) in [6, 6.07) is 10.3. The topological polar surface area (TPSA) is 38.8 Å². The van der Waals surface area contributed by atoms with Gasteiger partial charge in [0.25, 0.3) is 0 Å². The average molecular weight is 290 g/mol. The molecule has 2 unspecified atom stereocenters. The van der Waals surface area contributed by atoms with Crippen molar-refractivity contribution in [3.8, 4) is 0 Å². The number of ether oxygens (including phenoxy) is 2. The fourth-order valence-corrected chi connectivity index (χ4v) is 5.17. The summed E-state index contributed by atoms with van der Waals surface area (Å²) < 4.78 is 10.9. The maximum absolute atomic E-state index is 12.0. The molecule has 1 saturated carbocycles. The first-order valence-electron chi connectivity index (χ1n) is 7.23. The Morgan fingerprint density at radius 1 is 1.20 bits per heavy atom. The van der Waals surface area contributed by atoms with Crippen molar-refractivity contribution in [2.45, 2.75) is 37.4 Å². The average Bonchev–Trinajstić information content (AvgIpc) is 3.27. The molecule has 5 atom stereocenters. The fraction of sp³-hybridized carbons (Fsp3) is 0.562. The van der Waals surface area contributed by atoms with Crippen molar-refractivity contribution in [3.05, 3.63) is 35.9 Å². The summed E-state index contributed by atoms with van der Waals surface area (Å²) in [6.07, 6.45) is 0.260. The Labute approximate surface area is 121 Å². The van der Waals surface area contributed by atoms with Gasteiger partial charge in [0, 0.05) is 11.8 Å². The monoisotopic (exact) mass is 290 g/mol. The molecule has 1 saturated heterocycles. The molecule has 0 bridgehead atoms. The van der Waals surface area contributed by atoms with Crippen molar-refractivity contribution in [2.75, 3.05) is 7.11 Å². The lowest BCUT2D eigenvalue weighted by atomic mass is 10.1. The van der Waals surface area contributed by atoms with Gasteiger partial charge in [-0.2, -0.15) is 0 Å². The molecule has 1 aliphatic heterocycles. The van der Waals surface area contributed by atoms with Gasteiger partial charge in [0.1, 0.15) is 0 Å². The second-order valence-electron chi connectivity index (χ2n) is 6.95. The normalized spacial score (nSPS) is 35.5. The first kappa shape index (κ1) is 13.8. The van der Waals surface area contributed by atoms with Gasteiger partial charge in [0.2, 0.25) is 0 Å². The van der Waals surface area contributed by atoms with Crippen molar-refractivity contribution < 1.29 is 14.3 Å². The number of esters is 1. The highest BCUT2D eigenvalue weighted by Gasteiger charge is 2.67. The number of carbonyl (C=O) groups excluding carboxylic acids is 1. The molecule has 0 amide bonds. The van der Waals surface area contributed by atoms with Gasteiger partial charge in [-0.05, 0) is 5.56 Å². The van der Waals surface area contributed by atoms with Gasteiger partial charge in [-0.1, -0.05) is 50.0 Å². The van der Waals surface area contributed by atoms with Crippen LogP contribution in [0.5, 0.6) is 0 Å². The summed E-state index contributed by atoms with van der Waals surface area (Å²) in [5.74, 6) is 0.471. The first-order valence-corrected chi connectivity index (χ1v) is 10.8. The number of epoxide rings is 1. The van der Waals surface area contributed by atoms with E-state index in [1.807, 2.05) is 18.2 Å². The zero-order valence-corrected chi connectivity index (χ0v) is 13.5. The molecular weight excluding hydrogens is 268 g/mol. The molecule has 3 rings (SSSR count). The highest BCUT2D eigenvalue weighted by atomic mass is 28.3. The van der Waals surface area contributed by atoms with Crippen molar-refractivity contribution in [1.29, 1.82) is 0 Å². The van der Waals surface area contributed by atoms with E-state index >= 15 is 0 Å². The first-order chi connectivity index (χ1) is 9.45. The van der Waals surface area contributed by atoms with E-state index in [2.05, 4.69) is 31.8 Å². The molecule has 20 heavy (non-hydrogen) atoms. The molecule has 0 N–H and O–H groups in total. The minimum Gasteiger partial charge on any atom is -0.469 e. The molecule has 2 fully saturated rings. The molecule has 0 spiro atoms. The second kappa shape index (κ2) is 4.71. The number of hydrogen-bond acceptors (Lipinski definition) is 3. The molecule has 0 aromatic heterocycles. The number of benzene rings is 1. The lowest BCUT2D eigenvalue weighted by Gasteiger charge is -2.11. The van der Waals surface area contributed by atoms with E-state index in [0.717, 1.165) is 0 Å². The third kappa shape index (κ3) is 2.31. The van der Waals surface area contributed by atoms with Gasteiger partial charge in [-0.15, -0.1) is 0 Å². The van der Waals surface area contributed by atoms with Crippen molar-refractivity contribution in [1.82, 2.24) is 0 Å². The summed E-state index contributed by atoms with van der Waals surface area (Å²) >= 11 is 0. The maximum Gasteiger partial charge on any atom is 0.309 e. The van der Waals surface area contributed by atoms with Crippen LogP contribution in [-0.4, -0.2) is 33.0 Å². The Kier molecular flexibility index (Phi) is 3.25. The number of rotatable bonds is 4. The molecule has 1 heterocycles. The zero-order valence-electron chi connectivity index (χ0n) is 12.5. The molecule has 1 aromatic rings. The summed E-state index contributed by atoms with van der Waals surface area (Å²) in [7, 11) is 0.187. The summed E-state index contributed by atoms with van der Waals surface area (Å²) in [6.45, 7) is 6.97. The number of hydrogen-bond donors (Lipinski definition) is 0. The van der Waals surface area contributed by atoms with Crippen LogP contribution in [0.4, 0.5) is 0 Å². The SMILES string of the molecule is COC(=O)[C@@H]1[C@@H](c2ccccc2)[C@H]1C1OC1[Si](C)(C)C. The molecule has 108 valence electrons. The zero-order chi connectivity index (χ0) is 14.5. The Morgan fingerprint density at radius 3 is 2.35 bits per heavy atom. The van der Waals surface area contributed by atoms with E-state index in [0.29, 0.717) is 11.6 Å². The van der Waals surface area contributed by atoms with Gasteiger partial charge in [-0.3, -0.25) is 4.79 Å². The lowest BCUT2D eigenvalue weighted by Crippen LogP contribution is -2.31.